The average molecular weight is 409 g/mol. The molecule has 0 saturated carbocycles. The summed E-state index contributed by atoms with van der Waals surface area (Å²) in [6.45, 7) is 1.92. The van der Waals surface area contributed by atoms with Gasteiger partial charge >= 0.3 is 6.36 Å². The normalized spacial score (nSPS) is 11.3. The summed E-state index contributed by atoms with van der Waals surface area (Å²) in [4.78, 5) is 12.1. The van der Waals surface area contributed by atoms with Crippen molar-refractivity contribution in [1.82, 2.24) is 20.2 Å². The highest BCUT2D eigenvalue weighted by atomic mass is 32.2. The second-order valence-electron chi connectivity index (χ2n) is 5.62. The number of anilines is 1. The molecule has 0 spiro atoms. The minimum Gasteiger partial charge on any atom is -0.406 e. The summed E-state index contributed by atoms with van der Waals surface area (Å²) >= 11 is 1.10. The lowest BCUT2D eigenvalue weighted by atomic mass is 10.2. The highest BCUT2D eigenvalue weighted by molar-refractivity contribution is 7.99. The Morgan fingerprint density at radius 3 is 2.64 bits per heavy atom. The van der Waals surface area contributed by atoms with Gasteiger partial charge in [-0.25, -0.2) is 0 Å². The van der Waals surface area contributed by atoms with E-state index in [1.54, 1.807) is 6.07 Å². The number of hydrogen-bond acceptors (Lipinski definition) is 6. The predicted octanol–water partition coefficient (Wildman–Crippen LogP) is 3.60. The number of hydrogen-bond donors (Lipinski definition) is 1. The molecule has 0 atom stereocenters. The molecule has 0 aliphatic rings. The molecule has 1 heterocycles. The van der Waals surface area contributed by atoms with Gasteiger partial charge in [0.1, 0.15) is 5.75 Å². The molecule has 2 aromatic carbocycles. The van der Waals surface area contributed by atoms with Crippen LogP contribution in [0.15, 0.2) is 53.7 Å². The van der Waals surface area contributed by atoms with Gasteiger partial charge in [-0.2, -0.15) is 4.68 Å². The van der Waals surface area contributed by atoms with Gasteiger partial charge < -0.3 is 10.1 Å². The molecule has 146 valence electrons. The van der Waals surface area contributed by atoms with Crippen LogP contribution in [-0.2, 0) is 4.79 Å². The maximum absolute atomic E-state index is 12.2. The van der Waals surface area contributed by atoms with Crippen LogP contribution in [-0.4, -0.2) is 38.2 Å². The van der Waals surface area contributed by atoms with E-state index in [1.165, 1.54) is 16.8 Å². The van der Waals surface area contributed by atoms with Gasteiger partial charge in [0.15, 0.2) is 0 Å². The molecular formula is C17H14F3N5O2S. The summed E-state index contributed by atoms with van der Waals surface area (Å²) in [6.07, 6.45) is -4.76. The van der Waals surface area contributed by atoms with Crippen LogP contribution in [0.2, 0.25) is 0 Å². The van der Waals surface area contributed by atoms with Crippen molar-refractivity contribution in [3.8, 4) is 11.4 Å². The number of halogens is 3. The number of carbonyl (C=O) groups excluding carboxylic acids is 1. The Balaban J connectivity index is 1.63. The van der Waals surface area contributed by atoms with Gasteiger partial charge in [0, 0.05) is 5.69 Å². The van der Waals surface area contributed by atoms with Gasteiger partial charge in [-0.3, -0.25) is 4.79 Å². The number of amides is 1. The van der Waals surface area contributed by atoms with Crippen LogP contribution in [0.4, 0.5) is 18.9 Å². The van der Waals surface area contributed by atoms with Gasteiger partial charge in [0.25, 0.3) is 0 Å². The van der Waals surface area contributed by atoms with E-state index >= 15 is 0 Å². The fourth-order valence-electron chi connectivity index (χ4n) is 2.27. The van der Waals surface area contributed by atoms with Gasteiger partial charge in [-0.15, -0.1) is 18.3 Å². The number of rotatable bonds is 6. The molecule has 0 fully saturated rings. The van der Waals surface area contributed by atoms with Crippen LogP contribution in [0.3, 0.4) is 0 Å². The van der Waals surface area contributed by atoms with Crippen LogP contribution >= 0.6 is 11.8 Å². The summed E-state index contributed by atoms with van der Waals surface area (Å²) in [6, 6.07) is 12.5. The number of benzene rings is 2. The minimum atomic E-state index is -4.76. The highest BCUT2D eigenvalue weighted by Crippen LogP contribution is 2.25. The molecule has 28 heavy (non-hydrogen) atoms. The van der Waals surface area contributed by atoms with Crippen molar-refractivity contribution in [2.75, 3.05) is 11.1 Å². The number of alkyl halides is 3. The standard InChI is InChI=1S/C17H14F3N5O2S/c1-11-3-2-4-12(9-11)21-15(26)10-28-16-22-23-24-25(16)13-5-7-14(8-6-13)27-17(18,19)20/h2-9H,10H2,1H3,(H,21,26). The SMILES string of the molecule is Cc1cccc(NC(=O)CSc2nnnn2-c2ccc(OC(F)(F)F)cc2)c1. The zero-order valence-corrected chi connectivity index (χ0v) is 15.3. The van der Waals surface area contributed by atoms with Crippen molar-refractivity contribution in [3.05, 3.63) is 54.1 Å². The van der Waals surface area contributed by atoms with Crippen molar-refractivity contribution in [2.45, 2.75) is 18.4 Å². The third-order valence-corrected chi connectivity index (χ3v) is 4.31. The summed E-state index contributed by atoms with van der Waals surface area (Å²) < 4.78 is 41.8. The summed E-state index contributed by atoms with van der Waals surface area (Å²) in [5, 5.41) is 14.3. The number of carbonyl (C=O) groups is 1. The molecular weight excluding hydrogens is 395 g/mol. The van der Waals surface area contributed by atoms with Crippen molar-refractivity contribution in [1.29, 1.82) is 0 Å². The van der Waals surface area contributed by atoms with Crippen LogP contribution in [0.1, 0.15) is 5.56 Å². The number of aromatic nitrogens is 4. The zero-order valence-electron chi connectivity index (χ0n) is 14.5. The Bertz CT molecular complexity index is 960. The maximum atomic E-state index is 12.2. The van der Waals surface area contributed by atoms with E-state index in [-0.39, 0.29) is 17.4 Å². The molecule has 1 N–H and O–H groups in total. The Morgan fingerprint density at radius 2 is 1.96 bits per heavy atom. The fraction of sp³-hybridized carbons (Fsp3) is 0.176. The number of thioether (sulfide) groups is 1. The summed E-state index contributed by atoms with van der Waals surface area (Å²) in [5.41, 5.74) is 2.14. The van der Waals surface area contributed by atoms with E-state index in [9.17, 15) is 18.0 Å². The lowest BCUT2D eigenvalue weighted by Gasteiger charge is -2.09. The van der Waals surface area contributed by atoms with Gasteiger partial charge in [0.2, 0.25) is 11.1 Å². The van der Waals surface area contributed by atoms with Crippen LogP contribution in [0, 0.1) is 6.92 Å². The predicted molar refractivity (Wildman–Crippen MR) is 96.4 cm³/mol. The van der Waals surface area contributed by atoms with Crippen molar-refractivity contribution in [3.63, 3.8) is 0 Å². The fourth-order valence-corrected chi connectivity index (χ4v) is 2.96. The zero-order chi connectivity index (χ0) is 20.1. The van der Waals surface area contributed by atoms with E-state index in [4.69, 9.17) is 0 Å². The third-order valence-electron chi connectivity index (χ3n) is 3.39. The van der Waals surface area contributed by atoms with Crippen LogP contribution in [0.5, 0.6) is 5.75 Å². The second-order valence-corrected chi connectivity index (χ2v) is 6.56. The lowest BCUT2D eigenvalue weighted by molar-refractivity contribution is -0.274. The Morgan fingerprint density at radius 1 is 1.21 bits per heavy atom. The quantitative estimate of drug-likeness (QED) is 0.627. The Labute approximate surface area is 161 Å². The molecule has 0 aliphatic carbocycles. The van der Waals surface area contributed by atoms with Gasteiger partial charge in [-0.1, -0.05) is 23.9 Å². The number of tetrazole rings is 1. The van der Waals surface area contributed by atoms with E-state index in [0.717, 1.165) is 29.5 Å². The van der Waals surface area contributed by atoms with E-state index in [2.05, 4.69) is 25.6 Å². The second kappa shape index (κ2) is 8.30. The molecule has 0 unspecified atom stereocenters. The third kappa shape index (κ3) is 5.46. The van der Waals surface area contributed by atoms with Crippen molar-refractivity contribution < 1.29 is 22.7 Å². The van der Waals surface area contributed by atoms with Crippen LogP contribution < -0.4 is 10.1 Å². The molecule has 0 saturated heterocycles. The first-order valence-electron chi connectivity index (χ1n) is 7.94. The highest BCUT2D eigenvalue weighted by Gasteiger charge is 2.31. The maximum Gasteiger partial charge on any atom is 0.573 e. The number of nitrogens with one attached hydrogen (secondary N) is 1. The van der Waals surface area contributed by atoms with Crippen molar-refractivity contribution in [2.24, 2.45) is 0 Å². The smallest absolute Gasteiger partial charge is 0.406 e. The number of nitrogens with zero attached hydrogens (tertiary/aromatic N) is 4. The molecule has 0 radical (unpaired) electrons. The van der Waals surface area contributed by atoms with Crippen molar-refractivity contribution >= 4 is 23.4 Å². The molecule has 1 aromatic heterocycles. The Kier molecular flexibility index (Phi) is 5.83. The van der Waals surface area contributed by atoms with E-state index in [0.29, 0.717) is 16.5 Å². The summed E-state index contributed by atoms with van der Waals surface area (Å²) in [7, 11) is 0. The molecule has 0 bridgehead atoms. The number of aryl methyl sites for hydroxylation is 1. The van der Waals surface area contributed by atoms with Gasteiger partial charge in [-0.05, 0) is 59.3 Å². The molecule has 3 aromatic rings. The molecule has 1 amide bonds. The first kappa shape index (κ1) is 19.7. The largest absolute Gasteiger partial charge is 0.573 e. The molecule has 11 heteroatoms. The van der Waals surface area contributed by atoms with E-state index in [1.807, 2.05) is 25.1 Å². The molecule has 7 nitrogen and oxygen atoms in total. The topological polar surface area (TPSA) is 81.9 Å². The lowest BCUT2D eigenvalue weighted by Crippen LogP contribution is -2.17. The van der Waals surface area contributed by atoms with Crippen LogP contribution in [0.25, 0.3) is 5.69 Å². The van der Waals surface area contributed by atoms with E-state index < -0.39 is 6.36 Å². The monoisotopic (exact) mass is 409 g/mol. The average Bonchev–Trinajstić information content (AvgIpc) is 3.08. The first-order valence-corrected chi connectivity index (χ1v) is 8.92. The first-order chi connectivity index (χ1) is 13.3. The minimum absolute atomic E-state index is 0.0591. The molecule has 0 aliphatic heterocycles. The van der Waals surface area contributed by atoms with Gasteiger partial charge in [0.05, 0.1) is 11.4 Å². The molecule has 3 rings (SSSR count). The summed E-state index contributed by atoms with van der Waals surface area (Å²) in [5.74, 6) is -0.529. The Hall–Kier alpha value is -3.08. The number of ether oxygens (including phenoxy) is 1.